The van der Waals surface area contributed by atoms with Gasteiger partial charge < -0.3 is 14.2 Å². The quantitative estimate of drug-likeness (QED) is 0.291. The number of hydrogen-bond acceptors (Lipinski definition) is 11. The number of fused-ring (bicyclic) bond motifs is 3. The lowest BCUT2D eigenvalue weighted by Crippen LogP contribution is -2.35. The molecule has 4 heterocycles. The maximum Gasteiger partial charge on any atom is 0.240 e. The Labute approximate surface area is 247 Å². The minimum atomic E-state index is -4.19. The van der Waals surface area contributed by atoms with E-state index < -0.39 is 27.4 Å². The molecule has 0 saturated heterocycles. The zero-order valence-electron chi connectivity index (χ0n) is 23.1. The summed E-state index contributed by atoms with van der Waals surface area (Å²) < 4.78 is 49.5. The highest BCUT2D eigenvalue weighted by Crippen LogP contribution is 2.42. The van der Waals surface area contributed by atoms with Crippen molar-refractivity contribution in [3.8, 4) is 29.1 Å². The monoisotopic (exact) mass is 610 g/mol. The molecule has 1 aliphatic rings. The van der Waals surface area contributed by atoms with E-state index in [2.05, 4.69) is 35.9 Å². The summed E-state index contributed by atoms with van der Waals surface area (Å²) in [4.78, 5) is 12.8. The van der Waals surface area contributed by atoms with Crippen LogP contribution in [0.2, 0.25) is 5.02 Å². The largest absolute Gasteiger partial charge is 0.493 e. The third kappa shape index (κ3) is 5.71. The summed E-state index contributed by atoms with van der Waals surface area (Å²) in [5.74, 6) is 1.09. The maximum atomic E-state index is 13.9. The predicted molar refractivity (Wildman–Crippen MR) is 153 cm³/mol. The maximum absolute atomic E-state index is 13.9. The van der Waals surface area contributed by atoms with E-state index >= 15 is 0 Å². The van der Waals surface area contributed by atoms with Crippen LogP contribution in [0.5, 0.6) is 11.5 Å². The van der Waals surface area contributed by atoms with Crippen LogP contribution in [0.25, 0.3) is 11.5 Å². The van der Waals surface area contributed by atoms with E-state index in [0.29, 0.717) is 33.3 Å². The molecule has 4 aromatic rings. The Morgan fingerprint density at radius 3 is 2.62 bits per heavy atom. The molecule has 5 rings (SSSR count). The molecule has 0 spiro atoms. The van der Waals surface area contributed by atoms with Gasteiger partial charge in [0, 0.05) is 24.7 Å². The molecule has 1 N–H and O–H groups in total. The number of aromatic nitrogens is 6. The molecule has 3 atom stereocenters. The van der Waals surface area contributed by atoms with E-state index in [4.69, 9.17) is 25.8 Å². The second-order valence-electron chi connectivity index (χ2n) is 9.69. The van der Waals surface area contributed by atoms with Gasteiger partial charge in [-0.1, -0.05) is 23.7 Å². The van der Waals surface area contributed by atoms with Crippen LogP contribution in [0.3, 0.4) is 0 Å². The number of hydrogen-bond donors (Lipinski definition) is 1. The van der Waals surface area contributed by atoms with Crippen molar-refractivity contribution in [3.63, 3.8) is 0 Å². The molecule has 0 radical (unpaired) electrons. The van der Waals surface area contributed by atoms with Gasteiger partial charge in [0.2, 0.25) is 16.0 Å². The van der Waals surface area contributed by atoms with Crippen molar-refractivity contribution in [2.24, 2.45) is 0 Å². The van der Waals surface area contributed by atoms with Crippen molar-refractivity contribution < 1.29 is 22.6 Å². The van der Waals surface area contributed by atoms with Crippen LogP contribution in [-0.4, -0.2) is 63.2 Å². The van der Waals surface area contributed by atoms with E-state index in [1.54, 1.807) is 42.7 Å². The number of rotatable bonds is 9. The van der Waals surface area contributed by atoms with E-state index in [1.165, 1.54) is 32.6 Å². The summed E-state index contributed by atoms with van der Waals surface area (Å²) in [6.45, 7) is 5.10. The van der Waals surface area contributed by atoms with Gasteiger partial charge in [-0.2, -0.15) is 5.26 Å². The van der Waals surface area contributed by atoms with Crippen molar-refractivity contribution in [1.82, 2.24) is 29.7 Å². The van der Waals surface area contributed by atoms with Crippen LogP contribution in [0.4, 0.5) is 5.95 Å². The molecule has 1 aromatic carbocycles. The smallest absolute Gasteiger partial charge is 0.240 e. The molecular weight excluding hydrogens is 584 g/mol. The van der Waals surface area contributed by atoms with Crippen molar-refractivity contribution in [1.29, 1.82) is 5.26 Å². The zero-order valence-corrected chi connectivity index (χ0v) is 24.7. The van der Waals surface area contributed by atoms with Crippen LogP contribution in [0, 0.1) is 11.3 Å². The van der Waals surface area contributed by atoms with Gasteiger partial charge in [-0.15, -0.1) is 10.2 Å². The number of benzene rings is 1. The fraction of sp³-hybridized carbons (Fsp3) is 0.333. The lowest BCUT2D eigenvalue weighted by atomic mass is 10.0. The minimum absolute atomic E-state index is 0.0386. The van der Waals surface area contributed by atoms with Gasteiger partial charge in [0.15, 0.2) is 28.8 Å². The molecule has 2 unspecified atom stereocenters. The molecule has 0 bridgehead atoms. The van der Waals surface area contributed by atoms with Gasteiger partial charge in [-0.05, 0) is 38.5 Å². The third-order valence-electron chi connectivity index (χ3n) is 6.56. The molecule has 0 fully saturated rings. The summed E-state index contributed by atoms with van der Waals surface area (Å²) in [6, 6.07) is 10.1. The highest BCUT2D eigenvalue weighted by Gasteiger charge is 2.38. The van der Waals surface area contributed by atoms with Crippen LogP contribution in [0.15, 0.2) is 48.9 Å². The average molecular weight is 611 g/mol. The minimum Gasteiger partial charge on any atom is -0.493 e. The Kier molecular flexibility index (Phi) is 8.26. The average Bonchev–Trinajstić information content (AvgIpc) is 3.29. The number of methoxy groups -OCH3 is 1. The summed E-state index contributed by atoms with van der Waals surface area (Å²) in [7, 11) is -2.69. The van der Waals surface area contributed by atoms with Crippen LogP contribution in [-0.2, 0) is 14.8 Å². The fourth-order valence-corrected chi connectivity index (χ4v) is 5.72. The fourth-order valence-electron chi connectivity index (χ4n) is 4.53. The summed E-state index contributed by atoms with van der Waals surface area (Å²) in [5.41, 5.74) is 1.41. The first kappa shape index (κ1) is 29.2. The number of nitrogens with zero attached hydrogens (tertiary/aromatic N) is 7. The van der Waals surface area contributed by atoms with Crippen LogP contribution in [0.1, 0.15) is 49.9 Å². The van der Waals surface area contributed by atoms with E-state index in [9.17, 15) is 13.7 Å². The number of sulfonamides is 1. The van der Waals surface area contributed by atoms with Crippen LogP contribution >= 0.6 is 11.6 Å². The zero-order chi connectivity index (χ0) is 30.0. The standard InChI is InChI=1S/C27H27ClN8O5S/c1-15(2)41-23(25-31-12-19(28)13-32-25)16(3)42(37,38)35-27-34-33-26-22-24(21(39-4)8-9-30-22)40-14-20(36(26)27)18-7-5-6-17(10-18)11-29/h5-10,12-13,15-16,20,23H,14H2,1-4H3,(H,34,35)/t16?,20-,23?/m0/s1. The highest BCUT2D eigenvalue weighted by atomic mass is 35.5. The topological polar surface area (TPSA) is 167 Å². The Hall–Kier alpha value is -4.32. The number of anilines is 1. The second-order valence-corrected chi connectivity index (χ2v) is 12.2. The van der Waals surface area contributed by atoms with E-state index in [0.717, 1.165) is 0 Å². The third-order valence-corrected chi connectivity index (χ3v) is 8.44. The molecule has 13 nitrogen and oxygen atoms in total. The van der Waals surface area contributed by atoms with Gasteiger partial charge >= 0.3 is 0 Å². The first-order valence-electron chi connectivity index (χ1n) is 12.9. The SMILES string of the molecule is COc1ccnc2c1OC[C@@H](c1cccc(C#N)c1)n1c(NS(=O)(=O)C(C)C(OC(C)C)c3ncc(Cl)cn3)nnc1-2. The Morgan fingerprint density at radius 1 is 1.17 bits per heavy atom. The number of nitriles is 1. The van der Waals surface area contributed by atoms with Gasteiger partial charge in [0.1, 0.15) is 18.0 Å². The van der Waals surface area contributed by atoms with Crippen molar-refractivity contribution in [2.75, 3.05) is 18.4 Å². The van der Waals surface area contributed by atoms with E-state index in [1.807, 2.05) is 6.07 Å². The number of halogens is 1. The molecule has 15 heteroatoms. The van der Waals surface area contributed by atoms with Crippen molar-refractivity contribution >= 4 is 27.6 Å². The van der Waals surface area contributed by atoms with Gasteiger partial charge in [0.05, 0.1) is 35.9 Å². The molecule has 0 saturated carbocycles. The molecule has 0 amide bonds. The Bertz CT molecular complexity index is 1740. The van der Waals surface area contributed by atoms with Crippen molar-refractivity contribution in [2.45, 2.75) is 44.3 Å². The first-order chi connectivity index (χ1) is 20.1. The summed E-state index contributed by atoms with van der Waals surface area (Å²) in [5, 5.41) is 17.2. The normalized spacial score (nSPS) is 15.9. The molecule has 42 heavy (non-hydrogen) atoms. The number of pyridine rings is 1. The Balaban J connectivity index is 1.60. The molecule has 3 aromatic heterocycles. The predicted octanol–water partition coefficient (Wildman–Crippen LogP) is 3.94. The van der Waals surface area contributed by atoms with E-state index in [-0.39, 0.29) is 30.3 Å². The molecule has 1 aliphatic heterocycles. The van der Waals surface area contributed by atoms with Crippen molar-refractivity contribution in [3.05, 3.63) is 70.9 Å². The van der Waals surface area contributed by atoms with Gasteiger partial charge in [-0.25, -0.2) is 23.4 Å². The molecule has 218 valence electrons. The van der Waals surface area contributed by atoms with Gasteiger partial charge in [0.25, 0.3) is 0 Å². The van der Waals surface area contributed by atoms with Gasteiger partial charge in [-0.3, -0.25) is 9.29 Å². The first-order valence-corrected chi connectivity index (χ1v) is 14.8. The summed E-state index contributed by atoms with van der Waals surface area (Å²) in [6.07, 6.45) is 2.93. The number of nitrogens with one attached hydrogen (secondary N) is 1. The lowest BCUT2D eigenvalue weighted by Gasteiger charge is -2.26. The lowest BCUT2D eigenvalue weighted by molar-refractivity contribution is 0.00154. The number of ether oxygens (including phenoxy) is 3. The summed E-state index contributed by atoms with van der Waals surface area (Å²) >= 11 is 5.95. The Morgan fingerprint density at radius 2 is 1.93 bits per heavy atom. The second kappa shape index (κ2) is 11.9. The highest BCUT2D eigenvalue weighted by molar-refractivity contribution is 7.93. The molecular formula is C27H27ClN8O5S. The molecule has 0 aliphatic carbocycles. The van der Waals surface area contributed by atoms with Crippen LogP contribution < -0.4 is 14.2 Å².